The van der Waals surface area contributed by atoms with Crippen molar-refractivity contribution in [3.8, 4) is 6.07 Å². The van der Waals surface area contributed by atoms with E-state index in [1.165, 1.54) is 0 Å². The summed E-state index contributed by atoms with van der Waals surface area (Å²) in [5, 5.41) is 11.6. The number of nitriles is 1. The molecule has 4 heteroatoms. The number of amides is 1. The molecule has 98 valence electrons. The van der Waals surface area contributed by atoms with Gasteiger partial charge < -0.3 is 5.32 Å². The number of nitrogens with one attached hydrogen (secondary N) is 1. The second-order valence-electron chi connectivity index (χ2n) is 4.30. The minimum Gasteiger partial charge on any atom is -0.355 e. The monoisotopic (exact) mass is 239 g/mol. The predicted molar refractivity (Wildman–Crippen MR) is 69.5 cm³/mol. The van der Waals surface area contributed by atoms with E-state index < -0.39 is 0 Å². The van der Waals surface area contributed by atoms with Crippen LogP contribution in [-0.4, -0.2) is 36.5 Å². The molecule has 1 amide bonds. The Morgan fingerprint density at radius 2 is 2.06 bits per heavy atom. The molecule has 0 aliphatic rings. The number of carbonyl (C=O) groups is 1. The average molecular weight is 239 g/mol. The van der Waals surface area contributed by atoms with Gasteiger partial charge in [-0.15, -0.1) is 0 Å². The van der Waals surface area contributed by atoms with Crippen molar-refractivity contribution in [3.63, 3.8) is 0 Å². The van der Waals surface area contributed by atoms with Crippen molar-refractivity contribution in [2.75, 3.05) is 19.6 Å². The van der Waals surface area contributed by atoms with Gasteiger partial charge in [0.15, 0.2) is 0 Å². The quantitative estimate of drug-likeness (QED) is 0.494. The van der Waals surface area contributed by atoms with E-state index >= 15 is 0 Å². The summed E-state index contributed by atoms with van der Waals surface area (Å²) in [7, 11) is 0. The van der Waals surface area contributed by atoms with Crippen LogP contribution in [0.25, 0.3) is 0 Å². The van der Waals surface area contributed by atoms with Crippen LogP contribution in [0, 0.1) is 11.3 Å². The maximum Gasteiger partial charge on any atom is 0.237 e. The lowest BCUT2D eigenvalue weighted by molar-refractivity contribution is -0.125. The Bertz CT molecular complexity index is 248. The van der Waals surface area contributed by atoms with Crippen molar-refractivity contribution in [2.24, 2.45) is 0 Å². The first-order valence-corrected chi connectivity index (χ1v) is 6.56. The fourth-order valence-corrected chi connectivity index (χ4v) is 1.69. The fourth-order valence-electron chi connectivity index (χ4n) is 1.69. The molecular formula is C13H25N3O. The van der Waals surface area contributed by atoms with Crippen LogP contribution in [0.15, 0.2) is 0 Å². The molecule has 0 saturated carbocycles. The summed E-state index contributed by atoms with van der Waals surface area (Å²) in [6, 6.07) is 1.90. The maximum atomic E-state index is 11.8. The lowest BCUT2D eigenvalue weighted by atomic mass is 10.2. The highest BCUT2D eigenvalue weighted by molar-refractivity contribution is 5.81. The molecule has 17 heavy (non-hydrogen) atoms. The van der Waals surface area contributed by atoms with E-state index in [0.717, 1.165) is 38.8 Å². The van der Waals surface area contributed by atoms with Gasteiger partial charge in [0.05, 0.1) is 18.7 Å². The Kier molecular flexibility index (Phi) is 9.46. The topological polar surface area (TPSA) is 56.1 Å². The van der Waals surface area contributed by atoms with Crippen LogP contribution < -0.4 is 5.32 Å². The average Bonchev–Trinajstić information content (AvgIpc) is 2.33. The van der Waals surface area contributed by atoms with Gasteiger partial charge in [-0.3, -0.25) is 9.69 Å². The standard InChI is InChI=1S/C13H25N3O/c1-4-6-7-9-15-13(17)12(3)16(10-5-2)11-8-14/h12H,4-7,9-11H2,1-3H3,(H,15,17). The molecule has 0 fully saturated rings. The van der Waals surface area contributed by atoms with Gasteiger partial charge in [0.25, 0.3) is 0 Å². The van der Waals surface area contributed by atoms with E-state index in [2.05, 4.69) is 25.2 Å². The first-order valence-electron chi connectivity index (χ1n) is 6.56. The van der Waals surface area contributed by atoms with Gasteiger partial charge in [0.1, 0.15) is 0 Å². The zero-order valence-electron chi connectivity index (χ0n) is 11.3. The van der Waals surface area contributed by atoms with Crippen LogP contribution in [0.5, 0.6) is 0 Å². The SMILES string of the molecule is CCCCCNC(=O)C(C)N(CC#N)CCC. The van der Waals surface area contributed by atoms with E-state index in [1.54, 1.807) is 0 Å². The van der Waals surface area contributed by atoms with E-state index in [-0.39, 0.29) is 11.9 Å². The Labute approximate surface area is 105 Å². The maximum absolute atomic E-state index is 11.8. The molecule has 0 aliphatic carbocycles. The van der Waals surface area contributed by atoms with Gasteiger partial charge in [0, 0.05) is 6.54 Å². The zero-order chi connectivity index (χ0) is 13.1. The molecule has 0 saturated heterocycles. The van der Waals surface area contributed by atoms with Crippen molar-refractivity contribution in [1.29, 1.82) is 5.26 Å². The number of hydrogen-bond donors (Lipinski definition) is 1. The first-order chi connectivity index (χ1) is 8.17. The number of rotatable bonds is 9. The Morgan fingerprint density at radius 3 is 2.59 bits per heavy atom. The van der Waals surface area contributed by atoms with E-state index in [0.29, 0.717) is 6.54 Å². The molecule has 1 N–H and O–H groups in total. The van der Waals surface area contributed by atoms with Crippen molar-refractivity contribution in [2.45, 2.75) is 52.5 Å². The minimum absolute atomic E-state index is 0.0322. The molecule has 0 aliphatic heterocycles. The van der Waals surface area contributed by atoms with Crippen molar-refractivity contribution in [3.05, 3.63) is 0 Å². The summed E-state index contributed by atoms with van der Waals surface area (Å²) in [4.78, 5) is 13.7. The molecular weight excluding hydrogens is 214 g/mol. The molecule has 0 rings (SSSR count). The van der Waals surface area contributed by atoms with Crippen molar-refractivity contribution in [1.82, 2.24) is 10.2 Å². The first kappa shape index (κ1) is 15.9. The number of hydrogen-bond acceptors (Lipinski definition) is 3. The van der Waals surface area contributed by atoms with Gasteiger partial charge >= 0.3 is 0 Å². The molecule has 0 aromatic heterocycles. The number of unbranched alkanes of at least 4 members (excludes halogenated alkanes) is 2. The lowest BCUT2D eigenvalue weighted by Gasteiger charge is -2.25. The van der Waals surface area contributed by atoms with Crippen LogP contribution in [-0.2, 0) is 4.79 Å². The molecule has 0 heterocycles. The summed E-state index contributed by atoms with van der Waals surface area (Å²) in [6.07, 6.45) is 4.28. The smallest absolute Gasteiger partial charge is 0.237 e. The Morgan fingerprint density at radius 1 is 1.35 bits per heavy atom. The Balaban J connectivity index is 4.02. The lowest BCUT2D eigenvalue weighted by Crippen LogP contribution is -2.45. The highest BCUT2D eigenvalue weighted by Crippen LogP contribution is 2.00. The molecule has 4 nitrogen and oxygen atoms in total. The van der Waals surface area contributed by atoms with Gasteiger partial charge in [-0.25, -0.2) is 0 Å². The van der Waals surface area contributed by atoms with E-state index in [1.807, 2.05) is 11.8 Å². The number of nitrogens with zero attached hydrogens (tertiary/aromatic N) is 2. The molecule has 0 aromatic rings. The third kappa shape index (κ3) is 6.96. The largest absolute Gasteiger partial charge is 0.355 e. The normalized spacial score (nSPS) is 12.2. The number of carbonyl (C=O) groups excluding carboxylic acids is 1. The van der Waals surface area contributed by atoms with Crippen molar-refractivity contribution >= 4 is 5.91 Å². The van der Waals surface area contributed by atoms with Gasteiger partial charge in [-0.05, 0) is 26.3 Å². The van der Waals surface area contributed by atoms with Crippen LogP contribution in [0.4, 0.5) is 0 Å². The fraction of sp³-hybridized carbons (Fsp3) is 0.846. The van der Waals surface area contributed by atoms with Crippen LogP contribution in [0.1, 0.15) is 46.5 Å². The van der Waals surface area contributed by atoms with Crippen LogP contribution in [0.3, 0.4) is 0 Å². The third-order valence-electron chi connectivity index (χ3n) is 2.79. The Hall–Kier alpha value is -1.08. The summed E-state index contributed by atoms with van der Waals surface area (Å²) in [5.41, 5.74) is 0. The molecule has 1 unspecified atom stereocenters. The summed E-state index contributed by atoms with van der Waals surface area (Å²) < 4.78 is 0. The second kappa shape index (κ2) is 10.1. The van der Waals surface area contributed by atoms with E-state index in [4.69, 9.17) is 5.26 Å². The summed E-state index contributed by atoms with van der Waals surface area (Å²) in [6.45, 7) is 7.90. The summed E-state index contributed by atoms with van der Waals surface area (Å²) >= 11 is 0. The van der Waals surface area contributed by atoms with Crippen LogP contribution in [0.2, 0.25) is 0 Å². The minimum atomic E-state index is -0.212. The molecule has 1 atom stereocenters. The molecule has 0 spiro atoms. The third-order valence-corrected chi connectivity index (χ3v) is 2.79. The second-order valence-corrected chi connectivity index (χ2v) is 4.30. The molecule has 0 aromatic carbocycles. The zero-order valence-corrected chi connectivity index (χ0v) is 11.3. The summed E-state index contributed by atoms with van der Waals surface area (Å²) in [5.74, 6) is 0.0322. The van der Waals surface area contributed by atoms with E-state index in [9.17, 15) is 4.79 Å². The predicted octanol–water partition coefficient (Wildman–Crippen LogP) is 1.92. The highest BCUT2D eigenvalue weighted by atomic mass is 16.2. The van der Waals surface area contributed by atoms with Gasteiger partial charge in [0.2, 0.25) is 5.91 Å². The molecule has 0 bridgehead atoms. The van der Waals surface area contributed by atoms with Crippen LogP contribution >= 0.6 is 0 Å². The van der Waals surface area contributed by atoms with Crippen molar-refractivity contribution < 1.29 is 4.79 Å². The van der Waals surface area contributed by atoms with Gasteiger partial charge in [-0.2, -0.15) is 5.26 Å². The highest BCUT2D eigenvalue weighted by Gasteiger charge is 2.19. The van der Waals surface area contributed by atoms with Gasteiger partial charge in [-0.1, -0.05) is 26.7 Å². The molecule has 0 radical (unpaired) electrons.